The summed E-state index contributed by atoms with van der Waals surface area (Å²) in [5.74, 6) is 0.898. The molecule has 2 heterocycles. The summed E-state index contributed by atoms with van der Waals surface area (Å²) in [7, 11) is 0. The molecule has 1 saturated carbocycles. The second kappa shape index (κ2) is 8.82. The number of amides is 1. The Hall–Kier alpha value is -2.27. The van der Waals surface area contributed by atoms with E-state index >= 15 is 0 Å². The quantitative estimate of drug-likeness (QED) is 0.826. The summed E-state index contributed by atoms with van der Waals surface area (Å²) in [5.41, 5.74) is 1.83. The molecule has 0 unspecified atom stereocenters. The van der Waals surface area contributed by atoms with Crippen molar-refractivity contribution in [1.82, 2.24) is 9.88 Å². The lowest BCUT2D eigenvalue weighted by molar-refractivity contribution is 0.0746. The van der Waals surface area contributed by atoms with E-state index in [0.29, 0.717) is 24.7 Å². The minimum Gasteiger partial charge on any atom is -0.368 e. The third kappa shape index (κ3) is 4.58. The Balaban J connectivity index is 1.36. The average Bonchev–Trinajstić information content (AvgIpc) is 2.74. The van der Waals surface area contributed by atoms with Crippen LogP contribution in [0.5, 0.6) is 0 Å². The van der Waals surface area contributed by atoms with E-state index in [0.717, 1.165) is 29.6 Å². The van der Waals surface area contributed by atoms with Crippen molar-refractivity contribution >= 4 is 29.0 Å². The molecule has 1 aromatic heterocycles. The van der Waals surface area contributed by atoms with Gasteiger partial charge < -0.3 is 15.1 Å². The molecule has 2 aliphatic rings. The highest BCUT2D eigenvalue weighted by Gasteiger charge is 2.23. The van der Waals surface area contributed by atoms with Crippen molar-refractivity contribution in [3.05, 3.63) is 53.2 Å². The Labute approximate surface area is 171 Å². The number of rotatable bonds is 4. The van der Waals surface area contributed by atoms with Gasteiger partial charge in [-0.25, -0.2) is 4.98 Å². The molecule has 1 saturated heterocycles. The number of aromatic nitrogens is 1. The van der Waals surface area contributed by atoms with Crippen molar-refractivity contribution in [2.24, 2.45) is 0 Å². The van der Waals surface area contributed by atoms with Crippen LogP contribution < -0.4 is 10.2 Å². The SMILES string of the molecule is O=C(c1ccnc(NC2CCCCC2)c1)N1CCN(c2cccc(Cl)c2)CC1. The third-order valence-electron chi connectivity index (χ3n) is 5.70. The summed E-state index contributed by atoms with van der Waals surface area (Å²) >= 11 is 6.10. The number of benzene rings is 1. The van der Waals surface area contributed by atoms with E-state index in [1.165, 1.54) is 32.1 Å². The minimum absolute atomic E-state index is 0.0832. The molecule has 1 N–H and O–H groups in total. The molecule has 4 rings (SSSR count). The first-order valence-electron chi connectivity index (χ1n) is 10.2. The molecular weight excluding hydrogens is 372 g/mol. The predicted octanol–water partition coefficient (Wildman–Crippen LogP) is 4.44. The fourth-order valence-electron chi connectivity index (χ4n) is 4.12. The van der Waals surface area contributed by atoms with E-state index in [9.17, 15) is 4.79 Å². The standard InChI is InChI=1S/C22H27ClN4O/c23-18-5-4-8-20(16-18)26-11-13-27(14-12-26)22(28)17-9-10-24-21(15-17)25-19-6-2-1-3-7-19/h4-5,8-10,15-16,19H,1-3,6-7,11-14H2,(H,24,25). The highest BCUT2D eigenvalue weighted by Crippen LogP contribution is 2.23. The van der Waals surface area contributed by atoms with Crippen LogP contribution in [-0.4, -0.2) is 48.0 Å². The van der Waals surface area contributed by atoms with Crippen LogP contribution in [0, 0.1) is 0 Å². The Bertz CT molecular complexity index is 814. The zero-order chi connectivity index (χ0) is 19.3. The Morgan fingerprint density at radius 3 is 2.57 bits per heavy atom. The van der Waals surface area contributed by atoms with E-state index in [-0.39, 0.29) is 5.91 Å². The number of nitrogens with one attached hydrogen (secondary N) is 1. The van der Waals surface area contributed by atoms with Gasteiger partial charge in [0, 0.05) is 54.7 Å². The van der Waals surface area contributed by atoms with Crippen molar-refractivity contribution in [3.63, 3.8) is 0 Å². The largest absolute Gasteiger partial charge is 0.368 e. The van der Waals surface area contributed by atoms with Crippen molar-refractivity contribution in [2.45, 2.75) is 38.1 Å². The summed E-state index contributed by atoms with van der Waals surface area (Å²) in [5, 5.41) is 4.25. The lowest BCUT2D eigenvalue weighted by Crippen LogP contribution is -2.48. The van der Waals surface area contributed by atoms with Crippen LogP contribution in [0.3, 0.4) is 0 Å². The second-order valence-corrected chi connectivity index (χ2v) is 8.10. The number of piperazine rings is 1. The van der Waals surface area contributed by atoms with Gasteiger partial charge >= 0.3 is 0 Å². The number of carbonyl (C=O) groups is 1. The summed E-state index contributed by atoms with van der Waals surface area (Å²) in [6.07, 6.45) is 7.98. The molecule has 2 fully saturated rings. The van der Waals surface area contributed by atoms with Crippen LogP contribution in [0.25, 0.3) is 0 Å². The van der Waals surface area contributed by atoms with Crippen molar-refractivity contribution in [1.29, 1.82) is 0 Å². The Morgan fingerprint density at radius 2 is 1.82 bits per heavy atom. The van der Waals surface area contributed by atoms with Gasteiger partial charge in [-0.3, -0.25) is 4.79 Å². The van der Waals surface area contributed by atoms with Crippen LogP contribution in [0.2, 0.25) is 5.02 Å². The number of carbonyl (C=O) groups excluding carboxylic acids is 1. The number of nitrogens with zero attached hydrogens (tertiary/aromatic N) is 3. The normalized spacial score (nSPS) is 18.2. The van der Waals surface area contributed by atoms with Gasteiger partial charge in [-0.1, -0.05) is 36.9 Å². The van der Waals surface area contributed by atoms with E-state index < -0.39 is 0 Å². The summed E-state index contributed by atoms with van der Waals surface area (Å²) in [4.78, 5) is 21.6. The molecule has 28 heavy (non-hydrogen) atoms. The molecule has 0 bridgehead atoms. The molecule has 0 radical (unpaired) electrons. The summed E-state index contributed by atoms with van der Waals surface area (Å²) in [6.45, 7) is 3.03. The first kappa shape index (κ1) is 19.1. The Morgan fingerprint density at radius 1 is 1.04 bits per heavy atom. The topological polar surface area (TPSA) is 48.5 Å². The number of halogens is 1. The lowest BCUT2D eigenvalue weighted by Gasteiger charge is -2.36. The number of hydrogen-bond donors (Lipinski definition) is 1. The smallest absolute Gasteiger partial charge is 0.254 e. The van der Waals surface area contributed by atoms with Gasteiger partial charge in [-0.05, 0) is 43.2 Å². The summed E-state index contributed by atoms with van der Waals surface area (Å²) in [6, 6.07) is 12.1. The van der Waals surface area contributed by atoms with E-state index in [1.54, 1.807) is 6.20 Å². The van der Waals surface area contributed by atoms with Gasteiger partial charge in [0.25, 0.3) is 5.91 Å². The molecule has 1 aromatic carbocycles. The predicted molar refractivity (Wildman–Crippen MR) is 114 cm³/mol. The van der Waals surface area contributed by atoms with Gasteiger partial charge in [0.05, 0.1) is 0 Å². The first-order valence-corrected chi connectivity index (χ1v) is 10.6. The van der Waals surface area contributed by atoms with E-state index in [4.69, 9.17) is 11.6 Å². The highest BCUT2D eigenvalue weighted by molar-refractivity contribution is 6.30. The molecule has 0 spiro atoms. The van der Waals surface area contributed by atoms with Crippen LogP contribution in [-0.2, 0) is 0 Å². The number of anilines is 2. The zero-order valence-corrected chi connectivity index (χ0v) is 16.9. The van der Waals surface area contributed by atoms with E-state index in [1.807, 2.05) is 35.2 Å². The minimum atomic E-state index is 0.0832. The van der Waals surface area contributed by atoms with Crippen LogP contribution in [0.1, 0.15) is 42.5 Å². The molecular formula is C22H27ClN4O. The van der Waals surface area contributed by atoms with Gasteiger partial charge in [-0.2, -0.15) is 0 Å². The molecule has 5 nitrogen and oxygen atoms in total. The van der Waals surface area contributed by atoms with Crippen molar-refractivity contribution in [2.75, 3.05) is 36.4 Å². The zero-order valence-electron chi connectivity index (χ0n) is 16.1. The highest BCUT2D eigenvalue weighted by atomic mass is 35.5. The molecule has 1 aliphatic carbocycles. The maximum absolute atomic E-state index is 13.0. The van der Waals surface area contributed by atoms with Gasteiger partial charge in [0.15, 0.2) is 0 Å². The molecule has 2 aromatic rings. The summed E-state index contributed by atoms with van der Waals surface area (Å²) < 4.78 is 0. The molecule has 6 heteroatoms. The monoisotopic (exact) mass is 398 g/mol. The molecule has 0 atom stereocenters. The molecule has 1 amide bonds. The van der Waals surface area contributed by atoms with Gasteiger partial charge in [0.2, 0.25) is 0 Å². The van der Waals surface area contributed by atoms with Crippen LogP contribution in [0.15, 0.2) is 42.6 Å². The molecule has 1 aliphatic heterocycles. The third-order valence-corrected chi connectivity index (χ3v) is 5.94. The Kier molecular flexibility index (Phi) is 6.01. The average molecular weight is 399 g/mol. The lowest BCUT2D eigenvalue weighted by atomic mass is 9.95. The maximum Gasteiger partial charge on any atom is 0.254 e. The molecule has 148 valence electrons. The van der Waals surface area contributed by atoms with Crippen LogP contribution in [0.4, 0.5) is 11.5 Å². The van der Waals surface area contributed by atoms with Crippen molar-refractivity contribution < 1.29 is 4.79 Å². The van der Waals surface area contributed by atoms with Gasteiger partial charge in [-0.15, -0.1) is 0 Å². The van der Waals surface area contributed by atoms with E-state index in [2.05, 4.69) is 21.3 Å². The number of pyridine rings is 1. The van der Waals surface area contributed by atoms with Crippen molar-refractivity contribution in [3.8, 4) is 0 Å². The number of hydrogen-bond acceptors (Lipinski definition) is 4. The van der Waals surface area contributed by atoms with Crippen LogP contribution >= 0.6 is 11.6 Å². The second-order valence-electron chi connectivity index (χ2n) is 7.67. The van der Waals surface area contributed by atoms with Gasteiger partial charge in [0.1, 0.15) is 5.82 Å². The maximum atomic E-state index is 13.0. The fourth-order valence-corrected chi connectivity index (χ4v) is 4.31. The fraction of sp³-hybridized carbons (Fsp3) is 0.455. The first-order chi connectivity index (χ1) is 13.7.